The van der Waals surface area contributed by atoms with Crippen LogP contribution in [-0.4, -0.2) is 36.4 Å². The van der Waals surface area contributed by atoms with E-state index in [0.29, 0.717) is 6.54 Å². The fourth-order valence-corrected chi connectivity index (χ4v) is 2.40. The molecule has 0 atom stereocenters. The van der Waals surface area contributed by atoms with Crippen LogP contribution in [0.25, 0.3) is 0 Å². The summed E-state index contributed by atoms with van der Waals surface area (Å²) in [6.45, 7) is 6.65. The molecule has 1 saturated heterocycles. The van der Waals surface area contributed by atoms with Crippen LogP contribution in [-0.2, 0) is 0 Å². The maximum absolute atomic E-state index is 12.2. The molecule has 0 bridgehead atoms. The molecule has 1 heterocycles. The molecule has 1 aromatic carbocycles. The first-order valence-corrected chi connectivity index (χ1v) is 7.17. The van der Waals surface area contributed by atoms with Gasteiger partial charge in [0.1, 0.15) is 5.75 Å². The van der Waals surface area contributed by atoms with Crippen molar-refractivity contribution in [2.75, 3.05) is 19.6 Å². The van der Waals surface area contributed by atoms with E-state index in [0.717, 1.165) is 24.4 Å². The van der Waals surface area contributed by atoms with Crippen LogP contribution in [0, 0.1) is 0 Å². The van der Waals surface area contributed by atoms with Crippen LogP contribution in [0.4, 0.5) is 0 Å². The molecule has 1 fully saturated rings. The van der Waals surface area contributed by atoms with Crippen LogP contribution < -0.4 is 4.74 Å². The summed E-state index contributed by atoms with van der Waals surface area (Å²) in [6.07, 6.45) is 3.89. The van der Waals surface area contributed by atoms with E-state index >= 15 is 0 Å². The van der Waals surface area contributed by atoms with Gasteiger partial charge in [-0.15, -0.1) is 0 Å². The molecule has 2 rings (SSSR count). The monoisotopic (exact) mass is 261 g/mol. The Hall–Kier alpha value is -1.35. The summed E-state index contributed by atoms with van der Waals surface area (Å²) < 4.78 is 5.58. The van der Waals surface area contributed by atoms with Gasteiger partial charge < -0.3 is 4.74 Å². The molecule has 0 unspecified atom stereocenters. The number of hydrogen-bond donors (Lipinski definition) is 0. The molecule has 0 saturated carbocycles. The molecule has 1 aliphatic heterocycles. The van der Waals surface area contributed by atoms with Gasteiger partial charge in [-0.05, 0) is 64.0 Å². The van der Waals surface area contributed by atoms with Crippen molar-refractivity contribution in [3.63, 3.8) is 0 Å². The Bertz CT molecular complexity index is 405. The summed E-state index contributed by atoms with van der Waals surface area (Å²) >= 11 is 0. The van der Waals surface area contributed by atoms with Gasteiger partial charge in [-0.1, -0.05) is 6.42 Å². The van der Waals surface area contributed by atoms with Crippen molar-refractivity contribution in [2.45, 2.75) is 39.2 Å². The molecule has 0 radical (unpaired) electrons. The van der Waals surface area contributed by atoms with Gasteiger partial charge in [-0.25, -0.2) is 0 Å². The summed E-state index contributed by atoms with van der Waals surface area (Å²) in [4.78, 5) is 14.4. The SMILES string of the molecule is CC(C)Oc1ccc(C(=O)CN2CCCCC2)cc1. The molecule has 0 aromatic heterocycles. The lowest BCUT2D eigenvalue weighted by atomic mass is 10.1. The van der Waals surface area contributed by atoms with Gasteiger partial charge in [-0.3, -0.25) is 9.69 Å². The van der Waals surface area contributed by atoms with Crippen molar-refractivity contribution in [1.29, 1.82) is 0 Å². The highest BCUT2D eigenvalue weighted by Crippen LogP contribution is 2.15. The third-order valence-electron chi connectivity index (χ3n) is 3.36. The predicted molar refractivity (Wildman–Crippen MR) is 76.8 cm³/mol. The van der Waals surface area contributed by atoms with Gasteiger partial charge in [0, 0.05) is 5.56 Å². The van der Waals surface area contributed by atoms with Gasteiger partial charge in [0.05, 0.1) is 12.6 Å². The lowest BCUT2D eigenvalue weighted by Crippen LogP contribution is -2.34. The summed E-state index contributed by atoms with van der Waals surface area (Å²) in [7, 11) is 0. The predicted octanol–water partition coefficient (Wildman–Crippen LogP) is 3.14. The molecule has 104 valence electrons. The summed E-state index contributed by atoms with van der Waals surface area (Å²) in [5, 5.41) is 0. The maximum Gasteiger partial charge on any atom is 0.176 e. The lowest BCUT2D eigenvalue weighted by molar-refractivity contribution is 0.0915. The van der Waals surface area contributed by atoms with E-state index in [-0.39, 0.29) is 11.9 Å². The minimum atomic E-state index is 0.162. The Morgan fingerprint density at radius 1 is 1.16 bits per heavy atom. The zero-order valence-electron chi connectivity index (χ0n) is 11.9. The molecule has 1 aromatic rings. The van der Waals surface area contributed by atoms with Crippen molar-refractivity contribution in [1.82, 2.24) is 4.90 Å². The number of carbonyl (C=O) groups is 1. The highest BCUT2D eigenvalue weighted by atomic mass is 16.5. The second-order valence-electron chi connectivity index (χ2n) is 5.45. The highest BCUT2D eigenvalue weighted by molar-refractivity contribution is 5.97. The first-order chi connectivity index (χ1) is 9.15. The molecule has 3 nitrogen and oxygen atoms in total. The quantitative estimate of drug-likeness (QED) is 0.763. The molecule has 1 aliphatic rings. The number of carbonyl (C=O) groups excluding carboxylic acids is 1. The van der Waals surface area contributed by atoms with E-state index in [9.17, 15) is 4.79 Å². The first-order valence-electron chi connectivity index (χ1n) is 7.17. The zero-order chi connectivity index (χ0) is 13.7. The number of hydrogen-bond acceptors (Lipinski definition) is 3. The second-order valence-corrected chi connectivity index (χ2v) is 5.45. The number of benzene rings is 1. The molecule has 0 aliphatic carbocycles. The van der Waals surface area contributed by atoms with E-state index in [1.165, 1.54) is 19.3 Å². The number of likely N-dealkylation sites (tertiary alicyclic amines) is 1. The van der Waals surface area contributed by atoms with Gasteiger partial charge in [-0.2, -0.15) is 0 Å². The normalized spacial score (nSPS) is 16.6. The van der Waals surface area contributed by atoms with E-state index in [1.807, 2.05) is 38.1 Å². The Labute approximate surface area is 115 Å². The Morgan fingerprint density at radius 3 is 2.37 bits per heavy atom. The number of piperidine rings is 1. The average molecular weight is 261 g/mol. The van der Waals surface area contributed by atoms with E-state index in [2.05, 4.69) is 4.90 Å². The number of rotatable bonds is 5. The molecule has 19 heavy (non-hydrogen) atoms. The van der Waals surface area contributed by atoms with Crippen LogP contribution in [0.15, 0.2) is 24.3 Å². The molecule has 0 amide bonds. The first kappa shape index (κ1) is 14.1. The molecule has 3 heteroatoms. The highest BCUT2D eigenvalue weighted by Gasteiger charge is 2.15. The van der Waals surface area contributed by atoms with E-state index in [1.54, 1.807) is 0 Å². The lowest BCUT2D eigenvalue weighted by Gasteiger charge is -2.25. The van der Waals surface area contributed by atoms with Gasteiger partial charge in [0.15, 0.2) is 5.78 Å². The van der Waals surface area contributed by atoms with Crippen LogP contribution in [0.2, 0.25) is 0 Å². The topological polar surface area (TPSA) is 29.5 Å². The largest absolute Gasteiger partial charge is 0.491 e. The number of ether oxygens (including phenoxy) is 1. The van der Waals surface area contributed by atoms with Crippen molar-refractivity contribution in [3.8, 4) is 5.75 Å². The fraction of sp³-hybridized carbons (Fsp3) is 0.562. The standard InChI is InChI=1S/C16H23NO2/c1-13(2)19-15-8-6-14(7-9-15)16(18)12-17-10-4-3-5-11-17/h6-9,13H,3-5,10-12H2,1-2H3. The third kappa shape index (κ3) is 4.35. The Morgan fingerprint density at radius 2 is 1.79 bits per heavy atom. The number of nitrogens with zero attached hydrogens (tertiary/aromatic N) is 1. The smallest absolute Gasteiger partial charge is 0.176 e. The third-order valence-corrected chi connectivity index (χ3v) is 3.36. The van der Waals surface area contributed by atoms with Crippen LogP contribution >= 0.6 is 0 Å². The molecule has 0 N–H and O–H groups in total. The minimum absolute atomic E-state index is 0.162. The number of ketones is 1. The minimum Gasteiger partial charge on any atom is -0.491 e. The Balaban J connectivity index is 1.91. The zero-order valence-corrected chi connectivity index (χ0v) is 11.9. The fourth-order valence-electron chi connectivity index (χ4n) is 2.40. The van der Waals surface area contributed by atoms with Crippen LogP contribution in [0.1, 0.15) is 43.5 Å². The van der Waals surface area contributed by atoms with Gasteiger partial charge >= 0.3 is 0 Å². The van der Waals surface area contributed by atoms with Gasteiger partial charge in [0.2, 0.25) is 0 Å². The molecular formula is C16H23NO2. The van der Waals surface area contributed by atoms with Crippen molar-refractivity contribution < 1.29 is 9.53 Å². The van der Waals surface area contributed by atoms with E-state index in [4.69, 9.17) is 4.74 Å². The summed E-state index contributed by atoms with van der Waals surface area (Å²) in [6, 6.07) is 7.49. The molecular weight excluding hydrogens is 238 g/mol. The van der Waals surface area contributed by atoms with Crippen molar-refractivity contribution >= 4 is 5.78 Å². The average Bonchev–Trinajstić information content (AvgIpc) is 2.40. The molecule has 0 spiro atoms. The number of Topliss-reactive ketones (excluding diaryl/α,β-unsaturated/α-hetero) is 1. The summed E-state index contributed by atoms with van der Waals surface area (Å²) in [5.74, 6) is 1.03. The van der Waals surface area contributed by atoms with Crippen molar-refractivity contribution in [3.05, 3.63) is 29.8 Å². The van der Waals surface area contributed by atoms with E-state index < -0.39 is 0 Å². The van der Waals surface area contributed by atoms with Crippen LogP contribution in [0.5, 0.6) is 5.75 Å². The van der Waals surface area contributed by atoms with Gasteiger partial charge in [0.25, 0.3) is 0 Å². The maximum atomic E-state index is 12.2. The Kier molecular flexibility index (Phi) is 4.97. The second kappa shape index (κ2) is 6.71. The summed E-state index contributed by atoms with van der Waals surface area (Å²) in [5.41, 5.74) is 0.779. The van der Waals surface area contributed by atoms with Crippen molar-refractivity contribution in [2.24, 2.45) is 0 Å². The van der Waals surface area contributed by atoms with Crippen LogP contribution in [0.3, 0.4) is 0 Å².